The minimum Gasteiger partial charge on any atom is -0.367 e. The fourth-order valence-electron chi connectivity index (χ4n) is 0.999. The number of hydrogen-bond donors (Lipinski definition) is 3. The zero-order valence-corrected chi connectivity index (χ0v) is 6.90. The summed E-state index contributed by atoms with van der Waals surface area (Å²) in [7, 11) is 0. The molecule has 0 aromatic rings. The number of aliphatic imine (C=N–C) groups is 1. The Morgan fingerprint density at radius 2 is 2.42 bits per heavy atom. The Morgan fingerprint density at radius 1 is 1.58 bits per heavy atom. The van der Waals surface area contributed by atoms with Gasteiger partial charge >= 0.3 is 0 Å². The van der Waals surface area contributed by atoms with Crippen LogP contribution >= 0.6 is 0 Å². The van der Waals surface area contributed by atoms with E-state index in [9.17, 15) is 0 Å². The molecule has 4 nitrogen and oxygen atoms in total. The van der Waals surface area contributed by atoms with E-state index in [4.69, 9.17) is 10.2 Å². The van der Waals surface area contributed by atoms with Crippen LogP contribution in [0.2, 0.25) is 0 Å². The van der Waals surface area contributed by atoms with Gasteiger partial charge in [0.15, 0.2) is 6.29 Å². The van der Waals surface area contributed by atoms with Gasteiger partial charge in [0.1, 0.15) is 0 Å². The standard InChI is InChI=1S/C8H14N2O2/c11-8(12)6-9-5-7-3-1-2-4-10-7/h1,3,8-9,11-12H,2,4-6H2. The maximum Gasteiger partial charge on any atom is 0.164 e. The highest BCUT2D eigenvalue weighted by molar-refractivity contribution is 5.97. The van der Waals surface area contributed by atoms with Crippen LogP contribution in [-0.2, 0) is 0 Å². The van der Waals surface area contributed by atoms with Crippen LogP contribution in [0.25, 0.3) is 0 Å². The molecule has 1 aliphatic heterocycles. The van der Waals surface area contributed by atoms with Crippen LogP contribution in [0, 0.1) is 0 Å². The first-order valence-corrected chi connectivity index (χ1v) is 4.06. The van der Waals surface area contributed by atoms with Crippen LogP contribution in [0.5, 0.6) is 0 Å². The van der Waals surface area contributed by atoms with E-state index in [0.29, 0.717) is 6.54 Å². The van der Waals surface area contributed by atoms with E-state index in [1.807, 2.05) is 6.08 Å². The quantitative estimate of drug-likeness (QED) is 0.488. The highest BCUT2D eigenvalue weighted by atomic mass is 16.5. The molecule has 0 unspecified atom stereocenters. The first-order valence-electron chi connectivity index (χ1n) is 4.06. The van der Waals surface area contributed by atoms with E-state index in [1.165, 1.54) is 0 Å². The van der Waals surface area contributed by atoms with Gasteiger partial charge in [0.25, 0.3) is 0 Å². The third-order valence-corrected chi connectivity index (χ3v) is 1.55. The van der Waals surface area contributed by atoms with Crippen molar-refractivity contribution in [3.05, 3.63) is 12.2 Å². The molecule has 0 aromatic heterocycles. The number of nitrogens with zero attached hydrogens (tertiary/aromatic N) is 1. The van der Waals surface area contributed by atoms with E-state index >= 15 is 0 Å². The first kappa shape index (κ1) is 9.38. The lowest BCUT2D eigenvalue weighted by atomic mass is 10.2. The Hall–Kier alpha value is -0.710. The normalized spacial score (nSPS) is 16.8. The zero-order chi connectivity index (χ0) is 8.81. The molecule has 0 saturated carbocycles. The number of dihydropyridines is 1. The van der Waals surface area contributed by atoms with Crippen molar-refractivity contribution in [2.45, 2.75) is 12.7 Å². The predicted molar refractivity (Wildman–Crippen MR) is 47.2 cm³/mol. The zero-order valence-electron chi connectivity index (χ0n) is 6.90. The van der Waals surface area contributed by atoms with Crippen molar-refractivity contribution in [1.29, 1.82) is 0 Å². The van der Waals surface area contributed by atoms with E-state index in [2.05, 4.69) is 16.4 Å². The average Bonchev–Trinajstić information content (AvgIpc) is 2.05. The summed E-state index contributed by atoms with van der Waals surface area (Å²) in [4.78, 5) is 4.23. The van der Waals surface area contributed by atoms with Crippen molar-refractivity contribution in [1.82, 2.24) is 5.32 Å². The third-order valence-electron chi connectivity index (χ3n) is 1.55. The Morgan fingerprint density at radius 3 is 3.00 bits per heavy atom. The van der Waals surface area contributed by atoms with Crippen LogP contribution in [0.1, 0.15) is 6.42 Å². The van der Waals surface area contributed by atoms with Crippen LogP contribution < -0.4 is 5.32 Å². The number of hydrogen-bond acceptors (Lipinski definition) is 4. The van der Waals surface area contributed by atoms with Crippen LogP contribution in [0.15, 0.2) is 17.1 Å². The van der Waals surface area contributed by atoms with E-state index < -0.39 is 6.29 Å². The summed E-state index contributed by atoms with van der Waals surface area (Å²) in [5.41, 5.74) is 0.974. The highest BCUT2D eigenvalue weighted by Crippen LogP contribution is 1.94. The Kier molecular flexibility index (Phi) is 3.93. The number of nitrogens with one attached hydrogen (secondary N) is 1. The Labute approximate surface area is 71.6 Å². The molecule has 0 spiro atoms. The molecule has 1 heterocycles. The minimum atomic E-state index is -1.28. The van der Waals surface area contributed by atoms with E-state index in [0.717, 1.165) is 18.7 Å². The Balaban J connectivity index is 2.14. The summed E-state index contributed by atoms with van der Waals surface area (Å²) < 4.78 is 0. The molecule has 12 heavy (non-hydrogen) atoms. The molecule has 0 amide bonds. The maximum atomic E-state index is 8.52. The molecule has 68 valence electrons. The maximum absolute atomic E-state index is 8.52. The molecule has 0 atom stereocenters. The van der Waals surface area contributed by atoms with Gasteiger partial charge in [-0.05, 0) is 12.5 Å². The van der Waals surface area contributed by atoms with Crippen molar-refractivity contribution in [3.63, 3.8) is 0 Å². The lowest BCUT2D eigenvalue weighted by Gasteiger charge is -2.08. The van der Waals surface area contributed by atoms with Crippen molar-refractivity contribution in [2.24, 2.45) is 4.99 Å². The van der Waals surface area contributed by atoms with Crippen molar-refractivity contribution >= 4 is 5.71 Å². The van der Waals surface area contributed by atoms with Gasteiger partial charge in [-0.2, -0.15) is 0 Å². The van der Waals surface area contributed by atoms with Gasteiger partial charge in [-0.1, -0.05) is 6.08 Å². The van der Waals surface area contributed by atoms with Crippen molar-refractivity contribution in [3.8, 4) is 0 Å². The summed E-state index contributed by atoms with van der Waals surface area (Å²) >= 11 is 0. The minimum absolute atomic E-state index is 0.187. The number of aliphatic hydroxyl groups is 2. The molecule has 1 rings (SSSR count). The summed E-state index contributed by atoms with van der Waals surface area (Å²) in [6, 6.07) is 0. The lowest BCUT2D eigenvalue weighted by Crippen LogP contribution is -2.30. The second-order valence-electron chi connectivity index (χ2n) is 2.68. The lowest BCUT2D eigenvalue weighted by molar-refractivity contribution is -0.0363. The van der Waals surface area contributed by atoms with E-state index in [-0.39, 0.29) is 6.54 Å². The molecular formula is C8H14N2O2. The van der Waals surface area contributed by atoms with Crippen LogP contribution in [-0.4, -0.2) is 41.8 Å². The summed E-state index contributed by atoms with van der Waals surface area (Å²) in [6.45, 7) is 1.64. The molecule has 0 saturated heterocycles. The fraction of sp³-hybridized carbons (Fsp3) is 0.625. The number of aliphatic hydroxyl groups excluding tert-OH is 1. The molecule has 3 N–H and O–H groups in total. The van der Waals surface area contributed by atoms with Gasteiger partial charge in [-0.25, -0.2) is 0 Å². The van der Waals surface area contributed by atoms with E-state index in [1.54, 1.807) is 0 Å². The molecule has 0 radical (unpaired) electrons. The molecule has 0 aromatic carbocycles. The van der Waals surface area contributed by atoms with Crippen molar-refractivity contribution < 1.29 is 10.2 Å². The van der Waals surface area contributed by atoms with Gasteiger partial charge < -0.3 is 15.5 Å². The smallest absolute Gasteiger partial charge is 0.164 e. The van der Waals surface area contributed by atoms with Gasteiger partial charge in [0.05, 0.1) is 0 Å². The van der Waals surface area contributed by atoms with Gasteiger partial charge in [-0.15, -0.1) is 0 Å². The second-order valence-corrected chi connectivity index (χ2v) is 2.68. The third kappa shape index (κ3) is 3.61. The molecule has 0 aliphatic carbocycles. The van der Waals surface area contributed by atoms with Crippen molar-refractivity contribution in [2.75, 3.05) is 19.6 Å². The van der Waals surface area contributed by atoms with Gasteiger partial charge in [0, 0.05) is 25.3 Å². The largest absolute Gasteiger partial charge is 0.367 e. The molecule has 0 fully saturated rings. The first-order chi connectivity index (χ1) is 5.79. The second kappa shape index (κ2) is 5.03. The predicted octanol–water partition coefficient (Wildman–Crippen LogP) is -0.712. The number of rotatable bonds is 4. The van der Waals surface area contributed by atoms with Crippen LogP contribution in [0.4, 0.5) is 0 Å². The Bertz CT molecular complexity index is 187. The molecule has 1 aliphatic rings. The molecule has 4 heteroatoms. The summed E-state index contributed by atoms with van der Waals surface area (Å²) in [5, 5.41) is 19.9. The van der Waals surface area contributed by atoms with Gasteiger partial charge in [0.2, 0.25) is 0 Å². The average molecular weight is 170 g/mol. The SMILES string of the molecule is OC(O)CNCC1=NCCC=C1. The fourth-order valence-corrected chi connectivity index (χ4v) is 0.999. The van der Waals surface area contributed by atoms with Crippen LogP contribution in [0.3, 0.4) is 0 Å². The molecule has 0 bridgehead atoms. The summed E-state index contributed by atoms with van der Waals surface area (Å²) in [5.74, 6) is 0. The summed E-state index contributed by atoms with van der Waals surface area (Å²) in [6.07, 6.45) is 3.75. The highest BCUT2D eigenvalue weighted by Gasteiger charge is 2.00. The molecular weight excluding hydrogens is 156 g/mol. The monoisotopic (exact) mass is 170 g/mol. The topological polar surface area (TPSA) is 64.8 Å². The van der Waals surface area contributed by atoms with Gasteiger partial charge in [-0.3, -0.25) is 4.99 Å².